The van der Waals surface area contributed by atoms with Gasteiger partial charge in [-0.3, -0.25) is 0 Å². The van der Waals surface area contributed by atoms with Gasteiger partial charge in [0.15, 0.2) is 11.6 Å². The SMILES string of the molecule is Cc1cc(Br)cc(-c2nnc(CO)n2CC(C)C)c1. The van der Waals surface area contributed by atoms with E-state index in [-0.39, 0.29) is 6.61 Å². The van der Waals surface area contributed by atoms with Crippen molar-refractivity contribution in [3.63, 3.8) is 0 Å². The minimum atomic E-state index is -0.0906. The maximum atomic E-state index is 9.37. The Labute approximate surface area is 121 Å². The minimum absolute atomic E-state index is 0.0906. The van der Waals surface area contributed by atoms with Crippen molar-refractivity contribution in [3.05, 3.63) is 34.1 Å². The van der Waals surface area contributed by atoms with Gasteiger partial charge >= 0.3 is 0 Å². The number of aliphatic hydroxyl groups excluding tert-OH is 1. The van der Waals surface area contributed by atoms with E-state index in [1.54, 1.807) is 0 Å². The molecule has 0 aliphatic carbocycles. The highest BCUT2D eigenvalue weighted by atomic mass is 79.9. The molecule has 0 saturated heterocycles. The first-order chi connectivity index (χ1) is 9.01. The number of rotatable bonds is 4. The van der Waals surface area contributed by atoms with E-state index in [0.29, 0.717) is 11.7 Å². The van der Waals surface area contributed by atoms with Crippen LogP contribution in [0.5, 0.6) is 0 Å². The molecule has 1 heterocycles. The van der Waals surface area contributed by atoms with E-state index in [4.69, 9.17) is 0 Å². The molecule has 2 aromatic rings. The van der Waals surface area contributed by atoms with Gasteiger partial charge in [0.2, 0.25) is 0 Å². The maximum Gasteiger partial charge on any atom is 0.164 e. The standard InChI is InChI=1S/C14H18BrN3O/c1-9(2)7-18-13(8-19)16-17-14(18)11-4-10(3)5-12(15)6-11/h4-6,9,19H,7-8H2,1-3H3. The quantitative estimate of drug-likeness (QED) is 0.940. The molecular weight excluding hydrogens is 306 g/mol. The molecule has 1 N–H and O–H groups in total. The molecule has 1 aromatic carbocycles. The molecule has 0 bridgehead atoms. The molecule has 19 heavy (non-hydrogen) atoms. The second-order valence-corrected chi connectivity index (χ2v) is 6.04. The van der Waals surface area contributed by atoms with Crippen LogP contribution in [0, 0.1) is 12.8 Å². The molecule has 102 valence electrons. The van der Waals surface area contributed by atoms with Crippen LogP contribution in [0.1, 0.15) is 25.2 Å². The van der Waals surface area contributed by atoms with E-state index in [0.717, 1.165) is 28.0 Å². The number of benzene rings is 1. The Balaban J connectivity index is 2.51. The van der Waals surface area contributed by atoms with Crippen LogP contribution >= 0.6 is 15.9 Å². The first kappa shape index (κ1) is 14.2. The van der Waals surface area contributed by atoms with Gasteiger partial charge in [0.1, 0.15) is 6.61 Å². The Morgan fingerprint density at radius 3 is 2.58 bits per heavy atom. The van der Waals surface area contributed by atoms with E-state index in [2.05, 4.69) is 52.1 Å². The average Bonchev–Trinajstić information content (AvgIpc) is 2.69. The largest absolute Gasteiger partial charge is 0.388 e. The molecule has 0 fully saturated rings. The molecule has 0 spiro atoms. The smallest absolute Gasteiger partial charge is 0.164 e. The highest BCUT2D eigenvalue weighted by Crippen LogP contribution is 2.25. The molecule has 0 amide bonds. The summed E-state index contributed by atoms with van der Waals surface area (Å²) in [7, 11) is 0. The number of hydrogen-bond donors (Lipinski definition) is 1. The summed E-state index contributed by atoms with van der Waals surface area (Å²) in [6, 6.07) is 6.15. The van der Waals surface area contributed by atoms with Gasteiger partial charge in [0, 0.05) is 16.6 Å². The van der Waals surface area contributed by atoms with Crippen LogP contribution in [0.2, 0.25) is 0 Å². The van der Waals surface area contributed by atoms with E-state index in [1.165, 1.54) is 0 Å². The summed E-state index contributed by atoms with van der Waals surface area (Å²) in [4.78, 5) is 0. The van der Waals surface area contributed by atoms with Crippen LogP contribution in [0.3, 0.4) is 0 Å². The second kappa shape index (κ2) is 5.84. The highest BCUT2D eigenvalue weighted by molar-refractivity contribution is 9.10. The van der Waals surface area contributed by atoms with Gasteiger partial charge in [-0.2, -0.15) is 0 Å². The summed E-state index contributed by atoms with van der Waals surface area (Å²) >= 11 is 3.50. The number of halogens is 1. The third kappa shape index (κ3) is 3.22. The van der Waals surface area contributed by atoms with Crippen LogP contribution in [-0.4, -0.2) is 19.9 Å². The fraction of sp³-hybridized carbons (Fsp3) is 0.429. The number of hydrogen-bond acceptors (Lipinski definition) is 3. The van der Waals surface area contributed by atoms with Crippen molar-refractivity contribution in [2.45, 2.75) is 33.9 Å². The first-order valence-electron chi connectivity index (χ1n) is 6.31. The lowest BCUT2D eigenvalue weighted by Gasteiger charge is -2.12. The third-order valence-electron chi connectivity index (χ3n) is 2.82. The summed E-state index contributed by atoms with van der Waals surface area (Å²) in [6.07, 6.45) is 0. The zero-order valence-electron chi connectivity index (χ0n) is 11.4. The number of aryl methyl sites for hydroxylation is 1. The number of nitrogens with zero attached hydrogens (tertiary/aromatic N) is 3. The topological polar surface area (TPSA) is 50.9 Å². The van der Waals surface area contributed by atoms with E-state index >= 15 is 0 Å². The van der Waals surface area contributed by atoms with E-state index in [1.807, 2.05) is 17.6 Å². The van der Waals surface area contributed by atoms with Crippen molar-refractivity contribution in [2.24, 2.45) is 5.92 Å². The Hall–Kier alpha value is -1.20. The first-order valence-corrected chi connectivity index (χ1v) is 7.11. The summed E-state index contributed by atoms with van der Waals surface area (Å²) in [6.45, 7) is 7.02. The lowest BCUT2D eigenvalue weighted by Crippen LogP contribution is -2.10. The monoisotopic (exact) mass is 323 g/mol. The molecular formula is C14H18BrN3O. The lowest BCUT2D eigenvalue weighted by atomic mass is 10.1. The fourth-order valence-electron chi connectivity index (χ4n) is 2.09. The van der Waals surface area contributed by atoms with Gasteiger partial charge in [-0.1, -0.05) is 29.8 Å². The van der Waals surface area contributed by atoms with Crippen LogP contribution in [-0.2, 0) is 13.2 Å². The predicted molar refractivity (Wildman–Crippen MR) is 78.7 cm³/mol. The number of aromatic nitrogens is 3. The van der Waals surface area contributed by atoms with Gasteiger partial charge in [0.05, 0.1) is 0 Å². The average molecular weight is 324 g/mol. The van der Waals surface area contributed by atoms with Crippen LogP contribution in [0.25, 0.3) is 11.4 Å². The molecule has 4 nitrogen and oxygen atoms in total. The van der Waals surface area contributed by atoms with Crippen molar-refractivity contribution in [1.82, 2.24) is 14.8 Å². The third-order valence-corrected chi connectivity index (χ3v) is 3.27. The summed E-state index contributed by atoms with van der Waals surface area (Å²) in [5.41, 5.74) is 2.17. The van der Waals surface area contributed by atoms with Gasteiger partial charge < -0.3 is 9.67 Å². The van der Waals surface area contributed by atoms with E-state index in [9.17, 15) is 5.11 Å². The molecule has 0 atom stereocenters. The predicted octanol–water partition coefficient (Wildman–Crippen LogP) is 3.16. The van der Waals surface area contributed by atoms with Crippen LogP contribution in [0.15, 0.2) is 22.7 Å². The van der Waals surface area contributed by atoms with Gasteiger partial charge in [0.25, 0.3) is 0 Å². The second-order valence-electron chi connectivity index (χ2n) is 5.12. The minimum Gasteiger partial charge on any atom is -0.388 e. The Kier molecular flexibility index (Phi) is 4.37. The summed E-state index contributed by atoms with van der Waals surface area (Å²) in [5, 5.41) is 17.7. The zero-order valence-corrected chi connectivity index (χ0v) is 13.0. The molecule has 2 rings (SSSR count). The Bertz CT molecular complexity index is 558. The summed E-state index contributed by atoms with van der Waals surface area (Å²) in [5.74, 6) is 1.89. The van der Waals surface area contributed by atoms with Gasteiger partial charge in [-0.05, 0) is 36.6 Å². The van der Waals surface area contributed by atoms with Crippen molar-refractivity contribution < 1.29 is 5.11 Å². The van der Waals surface area contributed by atoms with Crippen LogP contribution in [0.4, 0.5) is 0 Å². The Morgan fingerprint density at radius 2 is 2.00 bits per heavy atom. The van der Waals surface area contributed by atoms with Crippen LogP contribution < -0.4 is 0 Å². The molecule has 0 aliphatic heterocycles. The van der Waals surface area contributed by atoms with Crippen molar-refractivity contribution in [1.29, 1.82) is 0 Å². The lowest BCUT2D eigenvalue weighted by molar-refractivity contribution is 0.262. The van der Waals surface area contributed by atoms with Crippen molar-refractivity contribution >= 4 is 15.9 Å². The molecule has 0 unspecified atom stereocenters. The fourth-order valence-corrected chi connectivity index (χ4v) is 2.70. The number of aliphatic hydroxyl groups is 1. The maximum absolute atomic E-state index is 9.37. The van der Waals surface area contributed by atoms with Crippen molar-refractivity contribution in [3.8, 4) is 11.4 Å². The molecule has 1 aromatic heterocycles. The summed E-state index contributed by atoms with van der Waals surface area (Å²) < 4.78 is 3.01. The van der Waals surface area contributed by atoms with E-state index < -0.39 is 0 Å². The molecule has 5 heteroatoms. The normalized spacial score (nSPS) is 11.3. The zero-order chi connectivity index (χ0) is 14.0. The molecule has 0 saturated carbocycles. The van der Waals surface area contributed by atoms with Crippen molar-refractivity contribution in [2.75, 3.05) is 0 Å². The Morgan fingerprint density at radius 1 is 1.26 bits per heavy atom. The highest BCUT2D eigenvalue weighted by Gasteiger charge is 2.14. The molecule has 0 aliphatic rings. The van der Waals surface area contributed by atoms with Gasteiger partial charge in [-0.25, -0.2) is 0 Å². The van der Waals surface area contributed by atoms with Gasteiger partial charge in [-0.15, -0.1) is 10.2 Å². The molecule has 0 radical (unpaired) electrons.